The Morgan fingerprint density at radius 2 is 1.81 bits per heavy atom. The minimum absolute atomic E-state index is 0.0556. The summed E-state index contributed by atoms with van der Waals surface area (Å²) in [6, 6.07) is 8.83. The number of imidazole rings is 1. The van der Waals surface area contributed by atoms with Crippen molar-refractivity contribution in [2.24, 2.45) is 0 Å². The highest BCUT2D eigenvalue weighted by molar-refractivity contribution is 5.24. The lowest BCUT2D eigenvalue weighted by atomic mass is 10.1. The van der Waals surface area contributed by atoms with Crippen LogP contribution >= 0.6 is 0 Å². The van der Waals surface area contributed by atoms with Crippen LogP contribution in [-0.4, -0.2) is 15.7 Å². The first-order valence-electron chi connectivity index (χ1n) is 7.60. The Kier molecular flexibility index (Phi) is 5.02. The summed E-state index contributed by atoms with van der Waals surface area (Å²) in [7, 11) is 0. The predicted octanol–water partition coefficient (Wildman–Crippen LogP) is 2.89. The zero-order chi connectivity index (χ0) is 15.4. The molecule has 4 heteroatoms. The van der Waals surface area contributed by atoms with Crippen molar-refractivity contribution in [3.63, 3.8) is 0 Å². The van der Waals surface area contributed by atoms with Gasteiger partial charge in [-0.15, -0.1) is 0 Å². The molecule has 0 amide bonds. The van der Waals surface area contributed by atoms with Crippen LogP contribution in [-0.2, 0) is 6.54 Å². The summed E-state index contributed by atoms with van der Waals surface area (Å²) < 4.78 is 3.55. The van der Waals surface area contributed by atoms with Crippen LogP contribution in [0, 0.1) is 6.92 Å². The smallest absolute Gasteiger partial charge is 0.309 e. The minimum atomic E-state index is 0.0556. The normalized spacial score (nSPS) is 12.8. The molecule has 114 valence electrons. The van der Waals surface area contributed by atoms with Crippen molar-refractivity contribution >= 4 is 0 Å². The maximum atomic E-state index is 12.3. The Bertz CT molecular complexity index is 622. The highest BCUT2D eigenvalue weighted by Crippen LogP contribution is 2.15. The van der Waals surface area contributed by atoms with E-state index in [1.165, 1.54) is 11.1 Å². The first-order valence-corrected chi connectivity index (χ1v) is 7.60. The molecule has 0 saturated carbocycles. The molecule has 21 heavy (non-hydrogen) atoms. The third kappa shape index (κ3) is 3.64. The van der Waals surface area contributed by atoms with Crippen molar-refractivity contribution in [3.05, 3.63) is 58.3 Å². The van der Waals surface area contributed by atoms with E-state index in [0.29, 0.717) is 6.54 Å². The van der Waals surface area contributed by atoms with Gasteiger partial charge < -0.3 is 5.32 Å². The molecule has 2 rings (SSSR count). The third-order valence-corrected chi connectivity index (χ3v) is 3.74. The number of aryl methyl sites for hydroxylation is 1. The second-order valence-corrected chi connectivity index (χ2v) is 5.76. The summed E-state index contributed by atoms with van der Waals surface area (Å²) in [6.07, 6.45) is 3.74. The molecule has 0 aliphatic heterocycles. The quantitative estimate of drug-likeness (QED) is 0.887. The van der Waals surface area contributed by atoms with Crippen LogP contribution in [0.25, 0.3) is 0 Å². The molecule has 0 aliphatic rings. The monoisotopic (exact) mass is 287 g/mol. The van der Waals surface area contributed by atoms with Gasteiger partial charge in [-0.05, 0) is 32.9 Å². The molecule has 0 radical (unpaired) electrons. The molecule has 1 N–H and O–H groups in total. The molecular formula is C17H25N3O. The minimum Gasteiger partial charge on any atom is -0.309 e. The maximum absolute atomic E-state index is 12.3. The van der Waals surface area contributed by atoms with Crippen molar-refractivity contribution < 1.29 is 0 Å². The fourth-order valence-corrected chi connectivity index (χ4v) is 2.49. The van der Waals surface area contributed by atoms with E-state index in [-0.39, 0.29) is 17.8 Å². The lowest BCUT2D eigenvalue weighted by molar-refractivity contribution is 0.456. The first kappa shape index (κ1) is 15.6. The lowest BCUT2D eigenvalue weighted by Gasteiger charge is -2.19. The number of hydrogen-bond donors (Lipinski definition) is 1. The lowest BCUT2D eigenvalue weighted by Crippen LogP contribution is -2.31. The van der Waals surface area contributed by atoms with E-state index in [9.17, 15) is 4.79 Å². The number of nitrogens with zero attached hydrogens (tertiary/aromatic N) is 2. The van der Waals surface area contributed by atoms with Crippen molar-refractivity contribution in [3.8, 4) is 0 Å². The SMILES string of the molecule is CCNC(Cn1ccn(C(C)C)c1=O)c1ccc(C)cc1. The van der Waals surface area contributed by atoms with Gasteiger partial charge in [0.25, 0.3) is 0 Å². The summed E-state index contributed by atoms with van der Waals surface area (Å²) in [4.78, 5) is 12.3. The van der Waals surface area contributed by atoms with Crippen molar-refractivity contribution in [1.82, 2.24) is 14.5 Å². The third-order valence-electron chi connectivity index (χ3n) is 3.74. The van der Waals surface area contributed by atoms with Crippen LogP contribution in [0.2, 0.25) is 0 Å². The number of benzene rings is 1. The second-order valence-electron chi connectivity index (χ2n) is 5.76. The Hall–Kier alpha value is -1.81. The van der Waals surface area contributed by atoms with Gasteiger partial charge in [0.15, 0.2) is 0 Å². The van der Waals surface area contributed by atoms with Crippen LogP contribution < -0.4 is 11.0 Å². The van der Waals surface area contributed by atoms with E-state index in [1.54, 1.807) is 9.13 Å². The zero-order valence-electron chi connectivity index (χ0n) is 13.3. The Balaban J connectivity index is 2.24. The standard InChI is InChI=1S/C17H25N3O/c1-5-18-16(15-8-6-14(4)7-9-15)12-19-10-11-20(13(2)3)17(19)21/h6-11,13,16,18H,5,12H2,1-4H3. The highest BCUT2D eigenvalue weighted by atomic mass is 16.1. The topological polar surface area (TPSA) is 39.0 Å². The maximum Gasteiger partial charge on any atom is 0.328 e. The predicted molar refractivity (Wildman–Crippen MR) is 86.7 cm³/mol. The van der Waals surface area contributed by atoms with Gasteiger partial charge in [0, 0.05) is 25.0 Å². The zero-order valence-corrected chi connectivity index (χ0v) is 13.3. The van der Waals surface area contributed by atoms with E-state index >= 15 is 0 Å². The molecule has 1 aromatic carbocycles. The average molecular weight is 287 g/mol. The molecule has 0 spiro atoms. The Morgan fingerprint density at radius 3 is 2.33 bits per heavy atom. The van der Waals surface area contributed by atoms with Crippen molar-refractivity contribution in [1.29, 1.82) is 0 Å². The Labute approximate surface area is 126 Å². The van der Waals surface area contributed by atoms with Crippen LogP contribution in [0.5, 0.6) is 0 Å². The van der Waals surface area contributed by atoms with Gasteiger partial charge >= 0.3 is 5.69 Å². The van der Waals surface area contributed by atoms with E-state index in [4.69, 9.17) is 0 Å². The van der Waals surface area contributed by atoms with Gasteiger partial charge in [-0.3, -0.25) is 9.13 Å². The molecule has 0 aliphatic carbocycles. The van der Waals surface area contributed by atoms with E-state index in [0.717, 1.165) is 6.54 Å². The van der Waals surface area contributed by atoms with Crippen LogP contribution in [0.3, 0.4) is 0 Å². The molecule has 1 heterocycles. The molecule has 0 fully saturated rings. The van der Waals surface area contributed by atoms with E-state index < -0.39 is 0 Å². The number of hydrogen-bond acceptors (Lipinski definition) is 2. The van der Waals surface area contributed by atoms with Gasteiger partial charge in [0.05, 0.1) is 6.04 Å². The fourth-order valence-electron chi connectivity index (χ4n) is 2.49. The summed E-state index contributed by atoms with van der Waals surface area (Å²) in [5, 5.41) is 3.46. The summed E-state index contributed by atoms with van der Waals surface area (Å²) in [5.41, 5.74) is 2.52. The molecule has 1 unspecified atom stereocenters. The van der Waals surface area contributed by atoms with Crippen molar-refractivity contribution in [2.75, 3.05) is 6.54 Å². The van der Waals surface area contributed by atoms with Gasteiger partial charge in [-0.1, -0.05) is 36.8 Å². The van der Waals surface area contributed by atoms with Gasteiger partial charge in [0.2, 0.25) is 0 Å². The van der Waals surface area contributed by atoms with Crippen molar-refractivity contribution in [2.45, 2.75) is 46.3 Å². The summed E-state index contributed by atoms with van der Waals surface area (Å²) in [6.45, 7) is 9.73. The Morgan fingerprint density at radius 1 is 1.14 bits per heavy atom. The number of likely N-dealkylation sites (N-methyl/N-ethyl adjacent to an activating group) is 1. The van der Waals surface area contributed by atoms with E-state index in [1.807, 2.05) is 26.2 Å². The van der Waals surface area contributed by atoms with Crippen LogP contribution in [0.4, 0.5) is 0 Å². The second kappa shape index (κ2) is 6.76. The molecule has 0 saturated heterocycles. The molecule has 0 bridgehead atoms. The number of nitrogens with one attached hydrogen (secondary N) is 1. The van der Waals surface area contributed by atoms with Crippen LogP contribution in [0.15, 0.2) is 41.5 Å². The highest BCUT2D eigenvalue weighted by Gasteiger charge is 2.14. The fraction of sp³-hybridized carbons (Fsp3) is 0.471. The first-order chi connectivity index (χ1) is 10.0. The van der Waals surface area contributed by atoms with E-state index in [2.05, 4.69) is 43.4 Å². The molecule has 2 aromatic rings. The van der Waals surface area contributed by atoms with Gasteiger partial charge in [-0.2, -0.15) is 0 Å². The van der Waals surface area contributed by atoms with Gasteiger partial charge in [-0.25, -0.2) is 4.79 Å². The molecule has 1 aromatic heterocycles. The van der Waals surface area contributed by atoms with Gasteiger partial charge in [0.1, 0.15) is 0 Å². The summed E-state index contributed by atoms with van der Waals surface area (Å²) in [5.74, 6) is 0. The molecule has 1 atom stereocenters. The number of aromatic nitrogens is 2. The number of rotatable bonds is 6. The molecule has 4 nitrogen and oxygen atoms in total. The average Bonchev–Trinajstić information content (AvgIpc) is 2.81. The van der Waals surface area contributed by atoms with Crippen LogP contribution in [0.1, 0.15) is 44.0 Å². The molecular weight excluding hydrogens is 262 g/mol. The summed E-state index contributed by atoms with van der Waals surface area (Å²) >= 11 is 0. The largest absolute Gasteiger partial charge is 0.328 e.